The lowest BCUT2D eigenvalue weighted by Gasteiger charge is -2.34. The average Bonchev–Trinajstić information content (AvgIpc) is 3.10. The average molecular weight is 272 g/mol. The van der Waals surface area contributed by atoms with Crippen molar-refractivity contribution in [2.45, 2.75) is 25.0 Å². The summed E-state index contributed by atoms with van der Waals surface area (Å²) >= 11 is 1.86. The Morgan fingerprint density at radius 1 is 1.44 bits per heavy atom. The van der Waals surface area contributed by atoms with Crippen molar-refractivity contribution in [2.24, 2.45) is 5.92 Å². The first kappa shape index (κ1) is 13.5. The fourth-order valence-corrected chi connectivity index (χ4v) is 3.19. The van der Waals surface area contributed by atoms with Crippen LogP contribution in [0.3, 0.4) is 0 Å². The SMILES string of the molecule is CC1CN(C(=O)N(CC(=O)O)CC2CC2)CCS1. The summed E-state index contributed by atoms with van der Waals surface area (Å²) in [6.45, 7) is 3.99. The number of hydrogen-bond acceptors (Lipinski definition) is 3. The summed E-state index contributed by atoms with van der Waals surface area (Å²) in [6.07, 6.45) is 2.24. The smallest absolute Gasteiger partial charge is 0.323 e. The van der Waals surface area contributed by atoms with E-state index in [2.05, 4.69) is 6.92 Å². The van der Waals surface area contributed by atoms with Crippen molar-refractivity contribution in [1.29, 1.82) is 0 Å². The molecular formula is C12H20N2O3S. The summed E-state index contributed by atoms with van der Waals surface area (Å²) in [7, 11) is 0. The van der Waals surface area contributed by atoms with Crippen LogP contribution in [-0.2, 0) is 4.79 Å². The Morgan fingerprint density at radius 2 is 2.17 bits per heavy atom. The number of carboxylic acid groups (broad SMARTS) is 1. The highest BCUT2D eigenvalue weighted by Gasteiger charge is 2.31. The van der Waals surface area contributed by atoms with Gasteiger partial charge in [0.1, 0.15) is 6.54 Å². The molecule has 2 aliphatic rings. The predicted molar refractivity (Wildman–Crippen MR) is 70.8 cm³/mol. The van der Waals surface area contributed by atoms with Crippen LogP contribution in [0.2, 0.25) is 0 Å². The Bertz CT molecular complexity index is 333. The van der Waals surface area contributed by atoms with Gasteiger partial charge in [-0.3, -0.25) is 4.79 Å². The van der Waals surface area contributed by atoms with Gasteiger partial charge in [-0.1, -0.05) is 6.92 Å². The highest BCUT2D eigenvalue weighted by molar-refractivity contribution is 7.99. The van der Waals surface area contributed by atoms with Crippen LogP contribution in [0.4, 0.5) is 4.79 Å². The molecule has 1 aliphatic carbocycles. The number of aliphatic carboxylic acids is 1. The third kappa shape index (κ3) is 3.80. The van der Waals surface area contributed by atoms with Gasteiger partial charge in [0.25, 0.3) is 0 Å². The molecule has 0 bridgehead atoms. The van der Waals surface area contributed by atoms with Crippen molar-refractivity contribution in [3.8, 4) is 0 Å². The normalized spacial score (nSPS) is 23.8. The molecule has 0 spiro atoms. The summed E-state index contributed by atoms with van der Waals surface area (Å²) in [4.78, 5) is 26.5. The van der Waals surface area contributed by atoms with Gasteiger partial charge in [-0.05, 0) is 18.8 Å². The van der Waals surface area contributed by atoms with Crippen LogP contribution in [0.15, 0.2) is 0 Å². The molecule has 1 heterocycles. The molecule has 18 heavy (non-hydrogen) atoms. The van der Waals surface area contributed by atoms with Gasteiger partial charge < -0.3 is 14.9 Å². The number of carbonyl (C=O) groups is 2. The van der Waals surface area contributed by atoms with E-state index in [-0.39, 0.29) is 12.6 Å². The molecule has 1 aliphatic heterocycles. The summed E-state index contributed by atoms with van der Waals surface area (Å²) in [5, 5.41) is 9.34. The molecule has 5 nitrogen and oxygen atoms in total. The molecule has 0 aromatic carbocycles. The summed E-state index contributed by atoms with van der Waals surface area (Å²) in [6, 6.07) is -0.101. The molecule has 1 saturated carbocycles. The minimum absolute atomic E-state index is 0.101. The van der Waals surface area contributed by atoms with E-state index in [0.717, 1.165) is 31.7 Å². The second kappa shape index (κ2) is 5.82. The molecule has 2 amide bonds. The van der Waals surface area contributed by atoms with Gasteiger partial charge in [-0.25, -0.2) is 4.79 Å². The molecule has 2 fully saturated rings. The summed E-state index contributed by atoms with van der Waals surface area (Å²) < 4.78 is 0. The van der Waals surface area contributed by atoms with E-state index in [1.54, 1.807) is 4.90 Å². The van der Waals surface area contributed by atoms with E-state index in [1.807, 2.05) is 11.8 Å². The number of carbonyl (C=O) groups excluding carboxylic acids is 1. The molecule has 1 N–H and O–H groups in total. The van der Waals surface area contributed by atoms with Crippen LogP contribution < -0.4 is 0 Å². The second-order valence-corrected chi connectivity index (χ2v) is 6.67. The maximum Gasteiger partial charge on any atom is 0.323 e. The zero-order valence-corrected chi connectivity index (χ0v) is 11.5. The van der Waals surface area contributed by atoms with Gasteiger partial charge >= 0.3 is 12.0 Å². The number of thioether (sulfide) groups is 1. The number of hydrogen-bond donors (Lipinski definition) is 1. The van der Waals surface area contributed by atoms with Crippen LogP contribution >= 0.6 is 11.8 Å². The van der Waals surface area contributed by atoms with E-state index in [1.165, 1.54) is 4.90 Å². The molecule has 6 heteroatoms. The molecule has 0 aromatic heterocycles. The van der Waals surface area contributed by atoms with E-state index in [9.17, 15) is 9.59 Å². The Hall–Kier alpha value is -0.910. The third-order valence-electron chi connectivity index (χ3n) is 3.28. The van der Waals surface area contributed by atoms with Crippen LogP contribution in [0.5, 0.6) is 0 Å². The van der Waals surface area contributed by atoms with E-state index in [4.69, 9.17) is 5.11 Å². The number of rotatable bonds is 4. The minimum atomic E-state index is -0.927. The first-order valence-electron chi connectivity index (χ1n) is 6.43. The zero-order chi connectivity index (χ0) is 13.1. The lowest BCUT2D eigenvalue weighted by molar-refractivity contribution is -0.137. The Morgan fingerprint density at radius 3 is 2.72 bits per heavy atom. The van der Waals surface area contributed by atoms with Crippen molar-refractivity contribution in [1.82, 2.24) is 9.80 Å². The standard InChI is InChI=1S/C12H20N2O3S/c1-9-6-13(4-5-18-9)12(17)14(8-11(15)16)7-10-2-3-10/h9-10H,2-8H2,1H3,(H,15,16). The van der Waals surface area contributed by atoms with Crippen molar-refractivity contribution in [2.75, 3.05) is 31.9 Å². The molecule has 2 rings (SSSR count). The number of nitrogens with zero attached hydrogens (tertiary/aromatic N) is 2. The van der Waals surface area contributed by atoms with Crippen LogP contribution in [-0.4, -0.2) is 64.1 Å². The quantitative estimate of drug-likeness (QED) is 0.839. The van der Waals surface area contributed by atoms with Crippen LogP contribution in [0.25, 0.3) is 0 Å². The zero-order valence-electron chi connectivity index (χ0n) is 10.7. The molecule has 1 atom stereocenters. The summed E-state index contributed by atoms with van der Waals surface area (Å²) in [5.74, 6) is 0.533. The fourth-order valence-electron chi connectivity index (χ4n) is 2.18. The Kier molecular flexibility index (Phi) is 4.37. The highest BCUT2D eigenvalue weighted by Crippen LogP contribution is 2.30. The lowest BCUT2D eigenvalue weighted by atomic mass is 10.3. The van der Waals surface area contributed by atoms with Crippen molar-refractivity contribution < 1.29 is 14.7 Å². The van der Waals surface area contributed by atoms with Gasteiger partial charge in [0.05, 0.1) is 0 Å². The number of amides is 2. The van der Waals surface area contributed by atoms with E-state index >= 15 is 0 Å². The maximum absolute atomic E-state index is 12.3. The molecular weight excluding hydrogens is 252 g/mol. The maximum atomic E-state index is 12.3. The monoisotopic (exact) mass is 272 g/mol. The lowest BCUT2D eigenvalue weighted by Crippen LogP contribution is -2.50. The molecule has 0 aromatic rings. The molecule has 1 saturated heterocycles. The first-order valence-corrected chi connectivity index (χ1v) is 7.48. The van der Waals surface area contributed by atoms with Gasteiger partial charge in [-0.15, -0.1) is 0 Å². The topological polar surface area (TPSA) is 60.9 Å². The van der Waals surface area contributed by atoms with E-state index < -0.39 is 5.97 Å². The van der Waals surface area contributed by atoms with Crippen molar-refractivity contribution >= 4 is 23.8 Å². The minimum Gasteiger partial charge on any atom is -0.480 e. The predicted octanol–water partition coefficient (Wildman–Crippen LogP) is 1.34. The number of carboxylic acids is 1. The van der Waals surface area contributed by atoms with Gasteiger partial charge in [0, 0.05) is 30.6 Å². The van der Waals surface area contributed by atoms with E-state index in [0.29, 0.717) is 17.7 Å². The molecule has 102 valence electrons. The van der Waals surface area contributed by atoms with Gasteiger partial charge in [0.2, 0.25) is 0 Å². The largest absolute Gasteiger partial charge is 0.480 e. The van der Waals surface area contributed by atoms with Gasteiger partial charge in [0.15, 0.2) is 0 Å². The third-order valence-corrected chi connectivity index (χ3v) is 4.42. The van der Waals surface area contributed by atoms with Crippen LogP contribution in [0, 0.1) is 5.92 Å². The highest BCUT2D eigenvalue weighted by atomic mass is 32.2. The first-order chi connectivity index (χ1) is 8.56. The number of urea groups is 1. The Labute approximate surface area is 112 Å². The fraction of sp³-hybridized carbons (Fsp3) is 0.833. The molecule has 0 radical (unpaired) electrons. The van der Waals surface area contributed by atoms with Crippen LogP contribution in [0.1, 0.15) is 19.8 Å². The van der Waals surface area contributed by atoms with Crippen molar-refractivity contribution in [3.05, 3.63) is 0 Å². The van der Waals surface area contributed by atoms with Gasteiger partial charge in [-0.2, -0.15) is 11.8 Å². The second-order valence-electron chi connectivity index (χ2n) is 5.13. The Balaban J connectivity index is 1.94. The summed E-state index contributed by atoms with van der Waals surface area (Å²) in [5.41, 5.74) is 0. The molecule has 1 unspecified atom stereocenters. The van der Waals surface area contributed by atoms with Crippen molar-refractivity contribution in [3.63, 3.8) is 0 Å².